The summed E-state index contributed by atoms with van der Waals surface area (Å²) in [5.74, 6) is 0.695. The molecule has 0 aliphatic carbocycles. The van der Waals surface area contributed by atoms with Crippen molar-refractivity contribution in [3.63, 3.8) is 0 Å². The Kier molecular flexibility index (Phi) is 4.70. The van der Waals surface area contributed by atoms with Crippen molar-refractivity contribution in [3.05, 3.63) is 40.2 Å². The van der Waals surface area contributed by atoms with Crippen LogP contribution in [-0.2, 0) is 17.9 Å². The predicted molar refractivity (Wildman–Crippen MR) is 73.7 cm³/mol. The largest absolute Gasteiger partial charge is 0.467 e. The lowest BCUT2D eigenvalue weighted by Crippen LogP contribution is -2.41. The lowest BCUT2D eigenvalue weighted by atomic mass is 10.3. The molecule has 0 aliphatic heterocycles. The molecule has 2 aromatic rings. The first kappa shape index (κ1) is 13.8. The average Bonchev–Trinajstić information content (AvgIpc) is 3.04. The molecule has 6 heteroatoms. The fraction of sp³-hybridized carbons (Fsp3) is 0.385. The zero-order valence-electron chi connectivity index (χ0n) is 11.0. The average molecular weight is 279 g/mol. The van der Waals surface area contributed by atoms with Crippen LogP contribution in [-0.4, -0.2) is 16.9 Å². The van der Waals surface area contributed by atoms with E-state index in [1.165, 1.54) is 0 Å². The molecule has 2 heterocycles. The number of aryl methyl sites for hydroxylation is 1. The van der Waals surface area contributed by atoms with Gasteiger partial charge in [0.05, 0.1) is 18.8 Å². The molecule has 0 bridgehead atoms. The summed E-state index contributed by atoms with van der Waals surface area (Å²) < 4.78 is 5.15. The van der Waals surface area contributed by atoms with Gasteiger partial charge >= 0.3 is 0 Å². The minimum atomic E-state index is -0.265. The van der Waals surface area contributed by atoms with Gasteiger partial charge in [-0.2, -0.15) is 0 Å². The van der Waals surface area contributed by atoms with Gasteiger partial charge in [0.2, 0.25) is 5.91 Å². The molecule has 19 heavy (non-hydrogen) atoms. The van der Waals surface area contributed by atoms with Crippen LogP contribution in [0.1, 0.15) is 23.4 Å². The van der Waals surface area contributed by atoms with Crippen LogP contribution in [0, 0.1) is 6.92 Å². The highest BCUT2D eigenvalue weighted by atomic mass is 32.1. The molecule has 0 fully saturated rings. The van der Waals surface area contributed by atoms with Crippen LogP contribution in [0.4, 0.5) is 0 Å². The van der Waals surface area contributed by atoms with Gasteiger partial charge in [0.1, 0.15) is 10.8 Å². The monoisotopic (exact) mass is 279 g/mol. The van der Waals surface area contributed by atoms with Gasteiger partial charge in [0.15, 0.2) is 0 Å². The fourth-order valence-electron chi connectivity index (χ4n) is 1.56. The van der Waals surface area contributed by atoms with Crippen molar-refractivity contribution < 1.29 is 9.21 Å². The third kappa shape index (κ3) is 4.18. The summed E-state index contributed by atoms with van der Waals surface area (Å²) in [5, 5.41) is 8.95. The van der Waals surface area contributed by atoms with E-state index in [4.69, 9.17) is 4.42 Å². The Morgan fingerprint density at radius 3 is 3.00 bits per heavy atom. The van der Waals surface area contributed by atoms with E-state index in [9.17, 15) is 4.79 Å². The smallest absolute Gasteiger partial charge is 0.237 e. The van der Waals surface area contributed by atoms with Crippen molar-refractivity contribution in [1.29, 1.82) is 0 Å². The molecule has 1 unspecified atom stereocenters. The molecule has 1 atom stereocenters. The highest BCUT2D eigenvalue weighted by Gasteiger charge is 2.12. The quantitative estimate of drug-likeness (QED) is 0.846. The second kappa shape index (κ2) is 6.49. The molecule has 0 aliphatic rings. The number of aromatic nitrogens is 1. The maximum atomic E-state index is 11.8. The normalized spacial score (nSPS) is 12.3. The maximum absolute atomic E-state index is 11.8. The second-order valence-corrected chi connectivity index (χ2v) is 5.23. The number of nitrogens with one attached hydrogen (secondary N) is 2. The Labute approximate surface area is 116 Å². The Bertz CT molecular complexity index is 522. The molecule has 2 rings (SSSR count). The molecule has 102 valence electrons. The number of thiazole rings is 1. The van der Waals surface area contributed by atoms with Crippen molar-refractivity contribution >= 4 is 17.2 Å². The SMILES string of the molecule is Cc1csc(CNC(C)C(=O)NCc2ccco2)n1. The van der Waals surface area contributed by atoms with Gasteiger partial charge in [0, 0.05) is 17.6 Å². The molecule has 2 aromatic heterocycles. The number of furan rings is 1. The molecular formula is C13H17N3O2S. The van der Waals surface area contributed by atoms with E-state index >= 15 is 0 Å². The minimum Gasteiger partial charge on any atom is -0.467 e. The van der Waals surface area contributed by atoms with Crippen LogP contribution in [0.25, 0.3) is 0 Å². The number of amides is 1. The summed E-state index contributed by atoms with van der Waals surface area (Å²) in [6, 6.07) is 3.36. The molecule has 0 saturated heterocycles. The Balaban J connectivity index is 1.73. The van der Waals surface area contributed by atoms with Crippen LogP contribution in [0.3, 0.4) is 0 Å². The molecule has 0 saturated carbocycles. The lowest BCUT2D eigenvalue weighted by molar-refractivity contribution is -0.123. The van der Waals surface area contributed by atoms with E-state index < -0.39 is 0 Å². The van der Waals surface area contributed by atoms with Gasteiger partial charge in [-0.25, -0.2) is 4.98 Å². The molecule has 2 N–H and O–H groups in total. The first-order valence-electron chi connectivity index (χ1n) is 6.09. The van der Waals surface area contributed by atoms with Gasteiger partial charge < -0.3 is 9.73 Å². The van der Waals surface area contributed by atoms with E-state index in [2.05, 4.69) is 15.6 Å². The highest BCUT2D eigenvalue weighted by Crippen LogP contribution is 2.08. The van der Waals surface area contributed by atoms with Gasteiger partial charge in [-0.05, 0) is 26.0 Å². The van der Waals surface area contributed by atoms with E-state index in [1.807, 2.05) is 25.3 Å². The summed E-state index contributed by atoms with van der Waals surface area (Å²) in [5.41, 5.74) is 1.01. The minimum absolute atomic E-state index is 0.0512. The second-order valence-electron chi connectivity index (χ2n) is 4.28. The standard InChI is InChI=1S/C13H17N3O2S/c1-9-8-19-12(16-9)7-14-10(2)13(17)15-6-11-4-3-5-18-11/h3-5,8,10,14H,6-7H2,1-2H3,(H,15,17). The maximum Gasteiger partial charge on any atom is 0.237 e. The van der Waals surface area contributed by atoms with Crippen molar-refractivity contribution in [1.82, 2.24) is 15.6 Å². The van der Waals surface area contributed by atoms with Gasteiger partial charge in [0.25, 0.3) is 0 Å². The molecular weight excluding hydrogens is 262 g/mol. The predicted octanol–water partition coefficient (Wildman–Crippen LogP) is 1.84. The summed E-state index contributed by atoms with van der Waals surface area (Å²) in [4.78, 5) is 16.2. The Morgan fingerprint density at radius 2 is 2.37 bits per heavy atom. The first-order valence-corrected chi connectivity index (χ1v) is 6.97. The number of rotatable bonds is 6. The van der Waals surface area contributed by atoms with Gasteiger partial charge in [-0.3, -0.25) is 10.1 Å². The zero-order chi connectivity index (χ0) is 13.7. The third-order valence-corrected chi connectivity index (χ3v) is 3.60. The third-order valence-electron chi connectivity index (χ3n) is 2.64. The van der Waals surface area contributed by atoms with Crippen LogP contribution in [0.2, 0.25) is 0 Å². The molecule has 5 nitrogen and oxygen atoms in total. The Hall–Kier alpha value is -1.66. The van der Waals surface area contributed by atoms with E-state index in [0.29, 0.717) is 13.1 Å². The lowest BCUT2D eigenvalue weighted by Gasteiger charge is -2.12. The van der Waals surface area contributed by atoms with Crippen molar-refractivity contribution in [2.75, 3.05) is 0 Å². The highest BCUT2D eigenvalue weighted by molar-refractivity contribution is 7.09. The summed E-state index contributed by atoms with van der Waals surface area (Å²) in [6.45, 7) is 4.81. The Morgan fingerprint density at radius 1 is 1.53 bits per heavy atom. The van der Waals surface area contributed by atoms with Crippen LogP contribution in [0.5, 0.6) is 0 Å². The molecule has 0 aromatic carbocycles. The van der Waals surface area contributed by atoms with Crippen molar-refractivity contribution in [2.45, 2.75) is 33.0 Å². The topological polar surface area (TPSA) is 67.2 Å². The number of nitrogens with zero attached hydrogens (tertiary/aromatic N) is 1. The number of hydrogen-bond donors (Lipinski definition) is 2. The van der Waals surface area contributed by atoms with Crippen molar-refractivity contribution in [2.24, 2.45) is 0 Å². The number of carbonyl (C=O) groups excluding carboxylic acids is 1. The van der Waals surface area contributed by atoms with Gasteiger partial charge in [-0.1, -0.05) is 0 Å². The van der Waals surface area contributed by atoms with Crippen LogP contribution >= 0.6 is 11.3 Å². The summed E-state index contributed by atoms with van der Waals surface area (Å²) in [6.07, 6.45) is 1.59. The molecule has 0 radical (unpaired) electrons. The fourth-order valence-corrected chi connectivity index (χ4v) is 2.28. The summed E-state index contributed by atoms with van der Waals surface area (Å²) >= 11 is 1.59. The van der Waals surface area contributed by atoms with E-state index in [-0.39, 0.29) is 11.9 Å². The van der Waals surface area contributed by atoms with Crippen molar-refractivity contribution in [3.8, 4) is 0 Å². The van der Waals surface area contributed by atoms with Crippen LogP contribution in [0.15, 0.2) is 28.2 Å². The molecule has 0 spiro atoms. The first-order chi connectivity index (χ1) is 9.15. The van der Waals surface area contributed by atoms with Gasteiger partial charge in [-0.15, -0.1) is 11.3 Å². The number of carbonyl (C=O) groups is 1. The van der Waals surface area contributed by atoms with E-state index in [1.54, 1.807) is 23.7 Å². The number of hydrogen-bond acceptors (Lipinski definition) is 5. The molecule has 1 amide bonds. The zero-order valence-corrected chi connectivity index (χ0v) is 11.8. The van der Waals surface area contributed by atoms with Crippen LogP contribution < -0.4 is 10.6 Å². The van der Waals surface area contributed by atoms with E-state index in [0.717, 1.165) is 16.5 Å². The summed E-state index contributed by atoms with van der Waals surface area (Å²) in [7, 11) is 0.